The van der Waals surface area contributed by atoms with E-state index in [2.05, 4.69) is 20.8 Å². The maximum absolute atomic E-state index is 13.0. The number of nitrogens with zero attached hydrogens (tertiary/aromatic N) is 3. The smallest absolute Gasteiger partial charge is 0.286 e. The van der Waals surface area contributed by atoms with Gasteiger partial charge in [0, 0.05) is 29.5 Å². The Hall–Kier alpha value is -3.30. The number of aromatic nitrogens is 2. The van der Waals surface area contributed by atoms with Crippen LogP contribution in [0.5, 0.6) is 0 Å². The minimum absolute atomic E-state index is 0.0735. The molecule has 176 valence electrons. The molecule has 1 fully saturated rings. The van der Waals surface area contributed by atoms with E-state index in [0.29, 0.717) is 36.6 Å². The van der Waals surface area contributed by atoms with E-state index in [9.17, 15) is 14.4 Å². The lowest BCUT2D eigenvalue weighted by molar-refractivity contribution is -0.121. The summed E-state index contributed by atoms with van der Waals surface area (Å²) in [5.41, 5.74) is 3.53. The van der Waals surface area contributed by atoms with E-state index in [0.717, 1.165) is 28.2 Å². The van der Waals surface area contributed by atoms with Crippen molar-refractivity contribution in [2.24, 2.45) is 5.92 Å². The third kappa shape index (κ3) is 5.60. The molecule has 1 aliphatic heterocycles. The number of carbonyl (C=O) groups is 3. The molecule has 8 nitrogen and oxygen atoms in total. The van der Waals surface area contributed by atoms with Crippen LogP contribution in [0, 0.1) is 19.8 Å². The number of aryl methyl sites for hydroxylation is 2. The number of hydrogen-bond acceptors (Lipinski definition) is 6. The summed E-state index contributed by atoms with van der Waals surface area (Å²) in [6, 6.07) is 12.5. The van der Waals surface area contributed by atoms with Crippen molar-refractivity contribution in [3.63, 3.8) is 0 Å². The van der Waals surface area contributed by atoms with Gasteiger partial charge in [0.1, 0.15) is 0 Å². The van der Waals surface area contributed by atoms with Gasteiger partial charge in [-0.2, -0.15) is 0 Å². The fourth-order valence-electron chi connectivity index (χ4n) is 3.73. The van der Waals surface area contributed by atoms with Crippen LogP contribution in [-0.4, -0.2) is 45.9 Å². The zero-order valence-corrected chi connectivity index (χ0v) is 20.4. The molecule has 1 unspecified atom stereocenters. The van der Waals surface area contributed by atoms with Crippen molar-refractivity contribution >= 4 is 52.0 Å². The van der Waals surface area contributed by atoms with Gasteiger partial charge < -0.3 is 15.5 Å². The molecular weight excluding hydrogens is 474 g/mol. The van der Waals surface area contributed by atoms with Gasteiger partial charge in [0.25, 0.3) is 11.8 Å². The van der Waals surface area contributed by atoms with Gasteiger partial charge in [-0.25, -0.2) is 0 Å². The van der Waals surface area contributed by atoms with E-state index >= 15 is 0 Å². The lowest BCUT2D eigenvalue weighted by Crippen LogP contribution is -2.43. The molecule has 34 heavy (non-hydrogen) atoms. The molecule has 1 saturated heterocycles. The van der Waals surface area contributed by atoms with E-state index in [1.807, 2.05) is 32.0 Å². The number of hydrogen-bond donors (Lipinski definition) is 2. The van der Waals surface area contributed by atoms with Gasteiger partial charge in [-0.3, -0.25) is 14.4 Å². The topological polar surface area (TPSA) is 104 Å². The SMILES string of the molecule is Cc1ccc(NC(=O)C2CCCN(C(=O)c3nnc(C(=O)Nc4cccc(Cl)c4)s3)C2)cc1C. The molecule has 2 heterocycles. The highest BCUT2D eigenvalue weighted by Crippen LogP contribution is 2.23. The van der Waals surface area contributed by atoms with Gasteiger partial charge in [-0.15, -0.1) is 10.2 Å². The zero-order valence-electron chi connectivity index (χ0n) is 18.8. The molecule has 3 amide bonds. The third-order valence-corrected chi connectivity index (χ3v) is 6.88. The van der Waals surface area contributed by atoms with E-state index in [4.69, 9.17) is 11.6 Å². The molecule has 4 rings (SSSR count). The van der Waals surface area contributed by atoms with Crippen LogP contribution in [0.4, 0.5) is 11.4 Å². The van der Waals surface area contributed by atoms with E-state index in [1.54, 1.807) is 29.2 Å². The summed E-state index contributed by atoms with van der Waals surface area (Å²) in [7, 11) is 0. The number of anilines is 2. The maximum atomic E-state index is 13.0. The van der Waals surface area contributed by atoms with Crippen molar-refractivity contribution in [1.82, 2.24) is 15.1 Å². The zero-order chi connectivity index (χ0) is 24.2. The fraction of sp³-hybridized carbons (Fsp3) is 0.292. The molecule has 0 aliphatic carbocycles. The molecule has 3 aromatic rings. The number of benzene rings is 2. The number of halogens is 1. The summed E-state index contributed by atoms with van der Waals surface area (Å²) < 4.78 is 0. The molecular formula is C24H24ClN5O3S. The van der Waals surface area contributed by atoms with Gasteiger partial charge in [-0.1, -0.05) is 35.1 Å². The highest BCUT2D eigenvalue weighted by Gasteiger charge is 2.31. The molecule has 0 bridgehead atoms. The first-order chi connectivity index (χ1) is 16.3. The lowest BCUT2D eigenvalue weighted by Gasteiger charge is -2.31. The van der Waals surface area contributed by atoms with E-state index < -0.39 is 5.91 Å². The second kappa shape index (κ2) is 10.3. The predicted molar refractivity (Wildman–Crippen MR) is 132 cm³/mol. The van der Waals surface area contributed by atoms with Crippen LogP contribution >= 0.6 is 22.9 Å². The molecule has 1 aromatic heterocycles. The van der Waals surface area contributed by atoms with Crippen molar-refractivity contribution in [3.8, 4) is 0 Å². The Morgan fingerprint density at radius 2 is 1.76 bits per heavy atom. The standard InChI is InChI=1S/C24H24ClN5O3S/c1-14-8-9-19(11-15(14)2)26-20(31)16-5-4-10-30(13-16)24(33)23-29-28-22(34-23)21(32)27-18-7-3-6-17(25)12-18/h3,6-9,11-12,16H,4-5,10,13H2,1-2H3,(H,26,31)(H,27,32). The first-order valence-electron chi connectivity index (χ1n) is 10.9. The van der Waals surface area contributed by atoms with Crippen molar-refractivity contribution in [2.75, 3.05) is 23.7 Å². The minimum Gasteiger partial charge on any atom is -0.336 e. The van der Waals surface area contributed by atoms with Gasteiger partial charge in [0.05, 0.1) is 5.92 Å². The molecule has 0 spiro atoms. The monoisotopic (exact) mass is 497 g/mol. The fourth-order valence-corrected chi connectivity index (χ4v) is 4.62. The Labute approximate surface area is 206 Å². The number of amides is 3. The van der Waals surface area contributed by atoms with Crippen molar-refractivity contribution in [1.29, 1.82) is 0 Å². The quantitative estimate of drug-likeness (QED) is 0.538. The number of piperidine rings is 1. The van der Waals surface area contributed by atoms with Gasteiger partial charge in [0.2, 0.25) is 15.9 Å². The Morgan fingerprint density at radius 1 is 1.00 bits per heavy atom. The van der Waals surface area contributed by atoms with Crippen LogP contribution in [0.3, 0.4) is 0 Å². The van der Waals surface area contributed by atoms with Crippen LogP contribution in [0.2, 0.25) is 5.02 Å². The summed E-state index contributed by atoms with van der Waals surface area (Å²) in [5.74, 6) is -1.23. The molecule has 1 atom stereocenters. The molecule has 2 aromatic carbocycles. The number of rotatable bonds is 5. The summed E-state index contributed by atoms with van der Waals surface area (Å²) in [4.78, 5) is 39.9. The first kappa shape index (κ1) is 23.8. The lowest BCUT2D eigenvalue weighted by atomic mass is 9.97. The van der Waals surface area contributed by atoms with Gasteiger partial charge in [0.15, 0.2) is 0 Å². The summed E-state index contributed by atoms with van der Waals surface area (Å²) in [5, 5.41) is 14.1. The van der Waals surface area contributed by atoms with E-state index in [1.165, 1.54) is 0 Å². The summed E-state index contributed by atoms with van der Waals surface area (Å²) in [6.07, 6.45) is 1.40. The van der Waals surface area contributed by atoms with Crippen LogP contribution in [0.15, 0.2) is 42.5 Å². The van der Waals surface area contributed by atoms with Crippen LogP contribution in [-0.2, 0) is 4.79 Å². The summed E-state index contributed by atoms with van der Waals surface area (Å²) in [6.45, 7) is 4.83. The molecule has 0 saturated carbocycles. The molecule has 10 heteroatoms. The van der Waals surface area contributed by atoms with Crippen molar-refractivity contribution in [3.05, 3.63) is 68.6 Å². The van der Waals surface area contributed by atoms with Crippen LogP contribution in [0.25, 0.3) is 0 Å². The third-order valence-electron chi connectivity index (χ3n) is 5.74. The Morgan fingerprint density at radius 3 is 2.53 bits per heavy atom. The molecule has 1 aliphatic rings. The number of likely N-dealkylation sites (tertiary alicyclic amines) is 1. The number of nitrogens with one attached hydrogen (secondary N) is 2. The average Bonchev–Trinajstić information content (AvgIpc) is 3.32. The summed E-state index contributed by atoms with van der Waals surface area (Å²) >= 11 is 6.87. The Kier molecular flexibility index (Phi) is 7.23. The largest absolute Gasteiger partial charge is 0.336 e. The maximum Gasteiger partial charge on any atom is 0.286 e. The van der Waals surface area contributed by atoms with Crippen molar-refractivity contribution < 1.29 is 14.4 Å². The van der Waals surface area contributed by atoms with Gasteiger partial charge in [-0.05, 0) is 68.1 Å². The average molecular weight is 498 g/mol. The van der Waals surface area contributed by atoms with Gasteiger partial charge >= 0.3 is 0 Å². The highest BCUT2D eigenvalue weighted by atomic mass is 35.5. The molecule has 2 N–H and O–H groups in total. The number of carbonyl (C=O) groups excluding carboxylic acids is 3. The predicted octanol–water partition coefficient (Wildman–Crippen LogP) is 4.55. The normalized spacial score (nSPS) is 15.6. The Bertz CT molecular complexity index is 1240. The second-order valence-electron chi connectivity index (χ2n) is 8.26. The second-order valence-corrected chi connectivity index (χ2v) is 9.67. The van der Waals surface area contributed by atoms with Crippen LogP contribution < -0.4 is 10.6 Å². The highest BCUT2D eigenvalue weighted by molar-refractivity contribution is 7.15. The van der Waals surface area contributed by atoms with Crippen LogP contribution in [0.1, 0.15) is 43.6 Å². The Balaban J connectivity index is 1.38. The molecule has 0 radical (unpaired) electrons. The van der Waals surface area contributed by atoms with E-state index in [-0.39, 0.29) is 27.7 Å². The minimum atomic E-state index is -0.469. The van der Waals surface area contributed by atoms with Crippen molar-refractivity contribution in [2.45, 2.75) is 26.7 Å². The first-order valence-corrected chi connectivity index (χ1v) is 12.1.